The minimum atomic E-state index is -3.95. The molecule has 3 rings (SSSR count). The van der Waals surface area contributed by atoms with Crippen LogP contribution in [0.2, 0.25) is 0 Å². The number of hydrogen-bond donors (Lipinski definition) is 1. The van der Waals surface area contributed by atoms with E-state index in [2.05, 4.69) is 0 Å². The molecule has 188 valence electrons. The van der Waals surface area contributed by atoms with Crippen LogP contribution < -0.4 is 14.6 Å². The molecule has 0 saturated carbocycles. The third-order valence-electron chi connectivity index (χ3n) is 5.14. The van der Waals surface area contributed by atoms with E-state index in [1.807, 2.05) is 6.92 Å². The summed E-state index contributed by atoms with van der Waals surface area (Å²) < 4.78 is 88.4. The second-order valence-electron chi connectivity index (χ2n) is 7.30. The van der Waals surface area contributed by atoms with Crippen molar-refractivity contribution in [2.75, 3.05) is 39.4 Å². The maximum absolute atomic E-state index is 13.2. The van der Waals surface area contributed by atoms with E-state index in [0.29, 0.717) is 24.7 Å². The number of ether oxygens (including phenoxy) is 2. The summed E-state index contributed by atoms with van der Waals surface area (Å²) in [6, 6.07) is 8.92. The number of primary sulfonamides is 1. The van der Waals surface area contributed by atoms with Gasteiger partial charge < -0.3 is 9.47 Å². The van der Waals surface area contributed by atoms with Gasteiger partial charge in [0.1, 0.15) is 0 Å². The van der Waals surface area contributed by atoms with E-state index in [1.54, 1.807) is 6.92 Å². The highest BCUT2D eigenvalue weighted by molar-refractivity contribution is 7.90. The van der Waals surface area contributed by atoms with Gasteiger partial charge in [-0.15, -0.1) is 0 Å². The molecular formula is C20H27N3O8S3. The van der Waals surface area contributed by atoms with Gasteiger partial charge in [-0.25, -0.2) is 30.4 Å². The van der Waals surface area contributed by atoms with Crippen molar-refractivity contribution in [1.29, 1.82) is 0 Å². The van der Waals surface area contributed by atoms with Crippen LogP contribution in [-0.4, -0.2) is 73.3 Å². The fourth-order valence-electron chi connectivity index (χ4n) is 3.44. The molecule has 1 heterocycles. The third kappa shape index (κ3) is 5.53. The van der Waals surface area contributed by atoms with Crippen LogP contribution in [0.5, 0.6) is 11.5 Å². The Morgan fingerprint density at radius 3 is 1.56 bits per heavy atom. The molecule has 0 amide bonds. The summed E-state index contributed by atoms with van der Waals surface area (Å²) in [4.78, 5) is -0.289. The average Bonchev–Trinajstić information content (AvgIpc) is 2.80. The van der Waals surface area contributed by atoms with Crippen molar-refractivity contribution >= 4 is 30.1 Å². The predicted octanol–water partition coefficient (Wildman–Crippen LogP) is 0.827. The Balaban J connectivity index is 1.76. The number of rotatable bonds is 9. The largest absolute Gasteiger partial charge is 0.490 e. The van der Waals surface area contributed by atoms with Gasteiger partial charge in [-0.3, -0.25) is 0 Å². The van der Waals surface area contributed by atoms with Crippen LogP contribution in [-0.2, 0) is 30.1 Å². The molecule has 2 N–H and O–H groups in total. The molecule has 11 nitrogen and oxygen atoms in total. The Morgan fingerprint density at radius 2 is 1.09 bits per heavy atom. The Kier molecular flexibility index (Phi) is 7.89. The highest BCUT2D eigenvalue weighted by Crippen LogP contribution is 2.32. The summed E-state index contributed by atoms with van der Waals surface area (Å²) in [6.07, 6.45) is 0. The van der Waals surface area contributed by atoms with E-state index in [1.165, 1.54) is 22.5 Å². The van der Waals surface area contributed by atoms with E-state index < -0.39 is 30.1 Å². The topological polar surface area (TPSA) is 153 Å². The summed E-state index contributed by atoms with van der Waals surface area (Å²) in [5.41, 5.74) is 0. The molecule has 1 aliphatic heterocycles. The van der Waals surface area contributed by atoms with Crippen molar-refractivity contribution in [2.24, 2.45) is 5.14 Å². The Hall–Kier alpha value is -2.23. The first-order valence-corrected chi connectivity index (χ1v) is 14.9. The smallest absolute Gasteiger partial charge is 0.243 e. The van der Waals surface area contributed by atoms with Crippen molar-refractivity contribution < 1.29 is 34.7 Å². The lowest BCUT2D eigenvalue weighted by Crippen LogP contribution is -2.50. The molecule has 1 fully saturated rings. The molecule has 0 aliphatic carbocycles. The monoisotopic (exact) mass is 533 g/mol. The van der Waals surface area contributed by atoms with Crippen LogP contribution in [0.1, 0.15) is 13.8 Å². The van der Waals surface area contributed by atoms with Crippen molar-refractivity contribution in [1.82, 2.24) is 8.61 Å². The second kappa shape index (κ2) is 10.2. The molecule has 1 aliphatic rings. The molecule has 14 heteroatoms. The SMILES string of the molecule is CCOc1ccc(S(=O)(=O)N2CCN(S(=O)(=O)c3ccc(S(N)(=O)=O)cc3)CC2)cc1OCC. The lowest BCUT2D eigenvalue weighted by atomic mass is 10.3. The van der Waals surface area contributed by atoms with Crippen LogP contribution in [0.25, 0.3) is 0 Å². The molecule has 0 unspecified atom stereocenters. The Bertz CT molecular complexity index is 1330. The van der Waals surface area contributed by atoms with E-state index in [4.69, 9.17) is 14.6 Å². The summed E-state index contributed by atoms with van der Waals surface area (Å²) in [5, 5.41) is 5.05. The quantitative estimate of drug-likeness (QED) is 0.497. The van der Waals surface area contributed by atoms with Gasteiger partial charge in [0, 0.05) is 32.2 Å². The molecular weight excluding hydrogens is 506 g/mol. The van der Waals surface area contributed by atoms with Crippen LogP contribution in [0, 0.1) is 0 Å². The highest BCUT2D eigenvalue weighted by Gasteiger charge is 2.34. The number of nitrogens with two attached hydrogens (primary N) is 1. The minimum Gasteiger partial charge on any atom is -0.490 e. The van der Waals surface area contributed by atoms with Gasteiger partial charge in [0.25, 0.3) is 0 Å². The van der Waals surface area contributed by atoms with Crippen LogP contribution in [0.3, 0.4) is 0 Å². The lowest BCUT2D eigenvalue weighted by molar-refractivity contribution is 0.272. The summed E-state index contributed by atoms with van der Waals surface area (Å²) >= 11 is 0. The van der Waals surface area contributed by atoms with Gasteiger partial charge in [0.15, 0.2) is 11.5 Å². The van der Waals surface area contributed by atoms with Gasteiger partial charge in [0.2, 0.25) is 30.1 Å². The first-order chi connectivity index (χ1) is 15.9. The van der Waals surface area contributed by atoms with Crippen molar-refractivity contribution in [2.45, 2.75) is 28.5 Å². The van der Waals surface area contributed by atoms with Crippen LogP contribution in [0.15, 0.2) is 57.2 Å². The summed E-state index contributed by atoms with van der Waals surface area (Å²) in [7, 11) is -11.8. The number of sulfonamides is 3. The summed E-state index contributed by atoms with van der Waals surface area (Å²) in [6.45, 7) is 4.09. The number of benzene rings is 2. The molecule has 0 radical (unpaired) electrons. The molecule has 0 spiro atoms. The molecule has 0 aromatic heterocycles. The maximum atomic E-state index is 13.2. The van der Waals surface area contributed by atoms with E-state index in [9.17, 15) is 25.3 Å². The van der Waals surface area contributed by atoms with Gasteiger partial charge in [-0.1, -0.05) is 0 Å². The molecule has 0 bridgehead atoms. The van der Waals surface area contributed by atoms with E-state index >= 15 is 0 Å². The summed E-state index contributed by atoms with van der Waals surface area (Å²) in [5.74, 6) is 0.752. The second-order valence-corrected chi connectivity index (χ2v) is 12.7. The van der Waals surface area contributed by atoms with Gasteiger partial charge >= 0.3 is 0 Å². The van der Waals surface area contributed by atoms with Gasteiger partial charge in [0.05, 0.1) is 27.9 Å². The fraction of sp³-hybridized carbons (Fsp3) is 0.400. The van der Waals surface area contributed by atoms with Crippen molar-refractivity contribution in [3.63, 3.8) is 0 Å². The minimum absolute atomic E-state index is 0.0225. The number of piperazine rings is 1. The fourth-order valence-corrected chi connectivity index (χ4v) is 6.82. The predicted molar refractivity (Wildman–Crippen MR) is 124 cm³/mol. The average molecular weight is 534 g/mol. The standard InChI is InChI=1S/C20H27N3O8S3/c1-3-30-19-10-9-18(15-20(19)31-4-2)34(28,29)23-13-11-22(12-14-23)33(26,27)17-7-5-16(6-8-17)32(21,24)25/h5-10,15H,3-4,11-14H2,1-2H3,(H2,21,24,25). The van der Waals surface area contributed by atoms with Crippen molar-refractivity contribution in [3.05, 3.63) is 42.5 Å². The van der Waals surface area contributed by atoms with E-state index in [-0.39, 0.29) is 40.9 Å². The van der Waals surface area contributed by atoms with Crippen LogP contribution >= 0.6 is 0 Å². The zero-order chi connectivity index (χ0) is 25.1. The molecule has 0 atom stereocenters. The Labute approximate surface area is 200 Å². The third-order valence-corrected chi connectivity index (χ3v) is 9.88. The Morgan fingerprint density at radius 1 is 0.676 bits per heavy atom. The molecule has 2 aromatic rings. The highest BCUT2D eigenvalue weighted by atomic mass is 32.2. The molecule has 34 heavy (non-hydrogen) atoms. The molecule has 2 aromatic carbocycles. The lowest BCUT2D eigenvalue weighted by Gasteiger charge is -2.33. The number of hydrogen-bond acceptors (Lipinski definition) is 8. The molecule has 1 saturated heterocycles. The van der Waals surface area contributed by atoms with E-state index in [0.717, 1.165) is 28.6 Å². The first kappa shape index (κ1) is 26.4. The zero-order valence-corrected chi connectivity index (χ0v) is 21.2. The first-order valence-electron chi connectivity index (χ1n) is 10.4. The maximum Gasteiger partial charge on any atom is 0.243 e. The van der Waals surface area contributed by atoms with Gasteiger partial charge in [-0.2, -0.15) is 8.61 Å². The van der Waals surface area contributed by atoms with Crippen LogP contribution in [0.4, 0.5) is 0 Å². The number of nitrogens with zero attached hydrogens (tertiary/aromatic N) is 2. The zero-order valence-electron chi connectivity index (χ0n) is 18.7. The normalized spacial score (nSPS) is 16.3. The van der Waals surface area contributed by atoms with Gasteiger partial charge in [-0.05, 0) is 50.2 Å². The van der Waals surface area contributed by atoms with Crippen molar-refractivity contribution in [3.8, 4) is 11.5 Å².